The van der Waals surface area contributed by atoms with E-state index in [1.165, 1.54) is 24.0 Å². The van der Waals surface area contributed by atoms with E-state index < -0.39 is 0 Å². The number of hydrogen-bond donors (Lipinski definition) is 2. The number of benzene rings is 1. The maximum Gasteiger partial charge on any atom is 0.190 e. The maximum absolute atomic E-state index is 5.64. The SMILES string of the molecule is CN=C(NCCCOCC1CC1)NCCc1ccc2c(c1)CCO2.I. The van der Waals surface area contributed by atoms with Crippen molar-refractivity contribution in [1.29, 1.82) is 0 Å². The molecule has 1 aromatic rings. The molecule has 5 nitrogen and oxygen atoms in total. The first-order chi connectivity index (χ1) is 11.8. The van der Waals surface area contributed by atoms with Crippen molar-refractivity contribution in [3.05, 3.63) is 29.3 Å². The molecule has 0 amide bonds. The molecular formula is C19H30IN3O2. The van der Waals surface area contributed by atoms with Crippen LogP contribution in [0.5, 0.6) is 5.75 Å². The second-order valence-corrected chi connectivity index (χ2v) is 6.59. The van der Waals surface area contributed by atoms with Crippen LogP contribution >= 0.6 is 24.0 Å². The number of aliphatic imine (C=N–C) groups is 1. The maximum atomic E-state index is 5.64. The molecule has 3 rings (SSSR count). The summed E-state index contributed by atoms with van der Waals surface area (Å²) in [5.74, 6) is 2.76. The third-order valence-corrected chi connectivity index (χ3v) is 4.49. The highest BCUT2D eigenvalue weighted by molar-refractivity contribution is 14.0. The summed E-state index contributed by atoms with van der Waals surface area (Å²) in [6.45, 7) is 4.35. The van der Waals surface area contributed by atoms with Crippen LogP contribution in [0, 0.1) is 5.92 Å². The van der Waals surface area contributed by atoms with E-state index in [0.29, 0.717) is 0 Å². The Balaban J connectivity index is 0.00000225. The van der Waals surface area contributed by atoms with Crippen LogP contribution in [0.25, 0.3) is 0 Å². The van der Waals surface area contributed by atoms with Crippen molar-refractivity contribution < 1.29 is 9.47 Å². The average molecular weight is 459 g/mol. The summed E-state index contributed by atoms with van der Waals surface area (Å²) >= 11 is 0. The van der Waals surface area contributed by atoms with E-state index in [0.717, 1.165) is 69.8 Å². The van der Waals surface area contributed by atoms with Crippen LogP contribution in [0.1, 0.15) is 30.4 Å². The first-order valence-corrected chi connectivity index (χ1v) is 9.12. The van der Waals surface area contributed by atoms with E-state index in [-0.39, 0.29) is 24.0 Å². The van der Waals surface area contributed by atoms with Crippen molar-refractivity contribution in [2.75, 3.05) is 40.0 Å². The monoisotopic (exact) mass is 459 g/mol. The third kappa shape index (κ3) is 7.01. The van der Waals surface area contributed by atoms with Gasteiger partial charge in [-0.25, -0.2) is 0 Å². The van der Waals surface area contributed by atoms with Gasteiger partial charge in [-0.15, -0.1) is 24.0 Å². The number of rotatable bonds is 9. The fourth-order valence-corrected chi connectivity index (χ4v) is 2.86. The van der Waals surface area contributed by atoms with Gasteiger partial charge in [-0.2, -0.15) is 0 Å². The predicted octanol–water partition coefficient (Wildman–Crippen LogP) is 2.76. The molecule has 0 bridgehead atoms. The second kappa shape index (κ2) is 10.9. The molecular weight excluding hydrogens is 429 g/mol. The summed E-state index contributed by atoms with van der Waals surface area (Å²) < 4.78 is 11.2. The zero-order valence-electron chi connectivity index (χ0n) is 15.1. The number of ether oxygens (including phenoxy) is 2. The number of halogens is 1. The van der Waals surface area contributed by atoms with E-state index in [1.807, 2.05) is 7.05 Å². The van der Waals surface area contributed by atoms with Crippen LogP contribution in [-0.4, -0.2) is 45.9 Å². The van der Waals surface area contributed by atoms with Gasteiger partial charge in [-0.05, 0) is 48.8 Å². The Morgan fingerprint density at radius 3 is 2.92 bits per heavy atom. The van der Waals surface area contributed by atoms with E-state index in [9.17, 15) is 0 Å². The van der Waals surface area contributed by atoms with Crippen molar-refractivity contribution in [1.82, 2.24) is 10.6 Å². The van der Waals surface area contributed by atoms with Crippen LogP contribution in [-0.2, 0) is 17.6 Å². The van der Waals surface area contributed by atoms with Gasteiger partial charge < -0.3 is 20.1 Å². The molecule has 0 radical (unpaired) electrons. The Morgan fingerprint density at radius 1 is 1.28 bits per heavy atom. The smallest absolute Gasteiger partial charge is 0.190 e. The molecule has 1 saturated carbocycles. The minimum absolute atomic E-state index is 0. The van der Waals surface area contributed by atoms with Gasteiger partial charge in [0.1, 0.15) is 5.75 Å². The molecule has 0 saturated heterocycles. The number of nitrogens with one attached hydrogen (secondary N) is 2. The van der Waals surface area contributed by atoms with Gasteiger partial charge in [0.05, 0.1) is 6.61 Å². The van der Waals surface area contributed by atoms with E-state index in [1.54, 1.807) is 0 Å². The summed E-state index contributed by atoms with van der Waals surface area (Å²) in [6, 6.07) is 6.50. The summed E-state index contributed by atoms with van der Waals surface area (Å²) in [5, 5.41) is 6.71. The Labute approximate surface area is 168 Å². The lowest BCUT2D eigenvalue weighted by atomic mass is 10.1. The normalized spacial score (nSPS) is 16.0. The Kier molecular flexibility index (Phi) is 8.81. The highest BCUT2D eigenvalue weighted by Gasteiger charge is 2.20. The van der Waals surface area contributed by atoms with Gasteiger partial charge in [0.15, 0.2) is 5.96 Å². The van der Waals surface area contributed by atoms with E-state index in [2.05, 4.69) is 33.8 Å². The average Bonchev–Trinajstić information content (AvgIpc) is 3.31. The van der Waals surface area contributed by atoms with Gasteiger partial charge in [-0.3, -0.25) is 4.99 Å². The molecule has 1 aliphatic carbocycles. The minimum atomic E-state index is 0. The van der Waals surface area contributed by atoms with Crippen LogP contribution in [0.3, 0.4) is 0 Å². The summed E-state index contributed by atoms with van der Waals surface area (Å²) in [4.78, 5) is 4.27. The number of guanidine groups is 1. The van der Waals surface area contributed by atoms with Crippen molar-refractivity contribution in [3.8, 4) is 5.75 Å². The zero-order chi connectivity index (χ0) is 16.6. The van der Waals surface area contributed by atoms with Crippen LogP contribution in [0.2, 0.25) is 0 Å². The molecule has 0 spiro atoms. The Morgan fingerprint density at radius 2 is 2.12 bits per heavy atom. The van der Waals surface area contributed by atoms with Gasteiger partial charge in [0.25, 0.3) is 0 Å². The molecule has 0 aromatic heterocycles. The molecule has 0 atom stereocenters. The first-order valence-electron chi connectivity index (χ1n) is 9.12. The fourth-order valence-electron chi connectivity index (χ4n) is 2.86. The first kappa shape index (κ1) is 20.3. The number of hydrogen-bond acceptors (Lipinski definition) is 3. The van der Waals surface area contributed by atoms with E-state index in [4.69, 9.17) is 9.47 Å². The lowest BCUT2D eigenvalue weighted by Crippen LogP contribution is -2.39. The summed E-state index contributed by atoms with van der Waals surface area (Å²) in [5.41, 5.74) is 2.68. The molecule has 1 fully saturated rings. The predicted molar refractivity (Wildman–Crippen MR) is 112 cm³/mol. The van der Waals surface area contributed by atoms with E-state index >= 15 is 0 Å². The molecule has 0 unspecified atom stereocenters. The standard InChI is InChI=1S/C19H29N3O2.HI/c1-20-19(21-9-2-11-23-14-16-3-4-16)22-10-7-15-5-6-18-17(13-15)8-12-24-18;/h5-6,13,16H,2-4,7-12,14H2,1H3,(H2,20,21,22);1H. The highest BCUT2D eigenvalue weighted by atomic mass is 127. The van der Waals surface area contributed by atoms with Crippen molar-refractivity contribution in [2.45, 2.75) is 32.1 Å². The molecule has 2 N–H and O–H groups in total. The number of fused-ring (bicyclic) bond motifs is 1. The molecule has 2 aliphatic rings. The van der Waals surface area contributed by atoms with Crippen LogP contribution in [0.4, 0.5) is 0 Å². The van der Waals surface area contributed by atoms with Crippen LogP contribution < -0.4 is 15.4 Å². The minimum Gasteiger partial charge on any atom is -0.493 e. The zero-order valence-corrected chi connectivity index (χ0v) is 17.4. The molecule has 1 heterocycles. The largest absolute Gasteiger partial charge is 0.493 e. The van der Waals surface area contributed by atoms with Crippen molar-refractivity contribution in [3.63, 3.8) is 0 Å². The molecule has 25 heavy (non-hydrogen) atoms. The number of nitrogens with zero attached hydrogens (tertiary/aromatic N) is 1. The van der Waals surface area contributed by atoms with Crippen molar-refractivity contribution >= 4 is 29.9 Å². The highest BCUT2D eigenvalue weighted by Crippen LogP contribution is 2.28. The summed E-state index contributed by atoms with van der Waals surface area (Å²) in [6.07, 6.45) is 5.73. The van der Waals surface area contributed by atoms with Gasteiger partial charge >= 0.3 is 0 Å². The molecule has 1 aromatic carbocycles. The van der Waals surface area contributed by atoms with Crippen LogP contribution in [0.15, 0.2) is 23.2 Å². The van der Waals surface area contributed by atoms with Gasteiger partial charge in [0, 0.05) is 39.8 Å². The topological polar surface area (TPSA) is 54.9 Å². The summed E-state index contributed by atoms with van der Waals surface area (Å²) in [7, 11) is 1.81. The molecule has 140 valence electrons. The van der Waals surface area contributed by atoms with Gasteiger partial charge in [-0.1, -0.05) is 12.1 Å². The lowest BCUT2D eigenvalue weighted by Gasteiger charge is -2.12. The quantitative estimate of drug-likeness (QED) is 0.258. The second-order valence-electron chi connectivity index (χ2n) is 6.59. The molecule has 1 aliphatic heterocycles. The third-order valence-electron chi connectivity index (χ3n) is 4.49. The fraction of sp³-hybridized carbons (Fsp3) is 0.632. The molecule has 6 heteroatoms. The van der Waals surface area contributed by atoms with Crippen molar-refractivity contribution in [2.24, 2.45) is 10.9 Å². The van der Waals surface area contributed by atoms with Gasteiger partial charge in [0.2, 0.25) is 0 Å². The Hall–Kier alpha value is -1.02. The Bertz CT molecular complexity index is 562. The lowest BCUT2D eigenvalue weighted by molar-refractivity contribution is 0.123.